The Kier molecular flexibility index (Phi) is 6.12. The highest BCUT2D eigenvalue weighted by Gasteiger charge is 1.97. The monoisotopic (exact) mass is 221 g/mol. The summed E-state index contributed by atoms with van der Waals surface area (Å²) >= 11 is 0. The number of hydrogen-bond acceptors (Lipinski definition) is 2. The van der Waals surface area contributed by atoms with Crippen LogP contribution >= 0.6 is 0 Å². The summed E-state index contributed by atoms with van der Waals surface area (Å²) in [7, 11) is 0. The lowest BCUT2D eigenvalue weighted by atomic mass is 10.1. The van der Waals surface area contributed by atoms with Crippen LogP contribution < -0.4 is 5.32 Å². The molecule has 0 fully saturated rings. The Hall–Kier alpha value is -0.860. The van der Waals surface area contributed by atoms with Crippen LogP contribution in [0.15, 0.2) is 24.3 Å². The van der Waals surface area contributed by atoms with Crippen molar-refractivity contribution < 1.29 is 4.74 Å². The molecule has 1 aromatic carbocycles. The molecule has 1 N–H and O–H groups in total. The minimum absolute atomic E-state index is 0.299. The van der Waals surface area contributed by atoms with E-state index in [-0.39, 0.29) is 0 Å². The minimum atomic E-state index is 0.299. The lowest BCUT2D eigenvalue weighted by molar-refractivity contribution is 0.0657. The van der Waals surface area contributed by atoms with Crippen molar-refractivity contribution in [1.82, 2.24) is 5.32 Å². The highest BCUT2D eigenvalue weighted by atomic mass is 16.5. The third-order valence-electron chi connectivity index (χ3n) is 2.45. The molecule has 90 valence electrons. The summed E-state index contributed by atoms with van der Waals surface area (Å²) in [4.78, 5) is 0. The summed E-state index contributed by atoms with van der Waals surface area (Å²) in [6, 6.07) is 8.69. The first-order valence-electron chi connectivity index (χ1n) is 6.12. The zero-order chi connectivity index (χ0) is 11.8. The van der Waals surface area contributed by atoms with Gasteiger partial charge in [-0.25, -0.2) is 0 Å². The molecule has 0 unspecified atom stereocenters. The van der Waals surface area contributed by atoms with E-state index in [0.29, 0.717) is 12.7 Å². The molecule has 0 spiro atoms. The number of ether oxygens (including phenoxy) is 1. The third kappa shape index (κ3) is 5.29. The molecule has 0 aliphatic carbocycles. The van der Waals surface area contributed by atoms with Gasteiger partial charge in [0.2, 0.25) is 0 Å². The van der Waals surface area contributed by atoms with E-state index in [1.807, 2.05) is 0 Å². The van der Waals surface area contributed by atoms with Crippen molar-refractivity contribution in [2.24, 2.45) is 0 Å². The maximum absolute atomic E-state index is 5.55. The molecular weight excluding hydrogens is 198 g/mol. The van der Waals surface area contributed by atoms with Crippen molar-refractivity contribution in [3.8, 4) is 0 Å². The number of hydrogen-bond donors (Lipinski definition) is 1. The van der Waals surface area contributed by atoms with Crippen LogP contribution in [0.25, 0.3) is 0 Å². The zero-order valence-corrected chi connectivity index (χ0v) is 10.6. The fourth-order valence-corrected chi connectivity index (χ4v) is 1.47. The van der Waals surface area contributed by atoms with Gasteiger partial charge in [-0.3, -0.25) is 0 Å². The first-order valence-corrected chi connectivity index (χ1v) is 6.12. The highest BCUT2D eigenvalue weighted by Crippen LogP contribution is 2.07. The Morgan fingerprint density at radius 2 is 1.75 bits per heavy atom. The third-order valence-corrected chi connectivity index (χ3v) is 2.45. The standard InChI is InChI=1S/C14H23NO/c1-4-15-10-9-13-5-7-14(8-6-13)11-16-12(2)3/h5-8,12,15H,4,9-11H2,1-3H3. The topological polar surface area (TPSA) is 21.3 Å². The highest BCUT2D eigenvalue weighted by molar-refractivity contribution is 5.22. The van der Waals surface area contributed by atoms with Gasteiger partial charge in [0.25, 0.3) is 0 Å². The van der Waals surface area contributed by atoms with E-state index in [4.69, 9.17) is 4.74 Å². The quantitative estimate of drug-likeness (QED) is 0.715. The Bertz CT molecular complexity index is 279. The molecule has 0 radical (unpaired) electrons. The van der Waals surface area contributed by atoms with Gasteiger partial charge in [0.15, 0.2) is 0 Å². The fourth-order valence-electron chi connectivity index (χ4n) is 1.47. The van der Waals surface area contributed by atoms with E-state index in [1.54, 1.807) is 0 Å². The summed E-state index contributed by atoms with van der Waals surface area (Å²) in [6.45, 7) is 9.06. The molecular formula is C14H23NO. The maximum Gasteiger partial charge on any atom is 0.0720 e. The normalized spacial score (nSPS) is 11.0. The molecule has 0 saturated carbocycles. The molecule has 1 rings (SSSR count). The maximum atomic E-state index is 5.55. The van der Waals surface area contributed by atoms with Gasteiger partial charge in [0.1, 0.15) is 0 Å². The van der Waals surface area contributed by atoms with Gasteiger partial charge in [-0.05, 0) is 44.5 Å². The van der Waals surface area contributed by atoms with Crippen LogP contribution in [0.1, 0.15) is 31.9 Å². The molecule has 0 amide bonds. The Morgan fingerprint density at radius 1 is 1.12 bits per heavy atom. The largest absolute Gasteiger partial charge is 0.374 e. The summed E-state index contributed by atoms with van der Waals surface area (Å²) < 4.78 is 5.55. The fraction of sp³-hybridized carbons (Fsp3) is 0.571. The SMILES string of the molecule is CCNCCc1ccc(COC(C)C)cc1. The molecule has 1 aromatic rings. The molecule has 0 aliphatic heterocycles. The first kappa shape index (κ1) is 13.2. The summed E-state index contributed by atoms with van der Waals surface area (Å²) in [5.41, 5.74) is 2.63. The molecule has 0 aliphatic rings. The smallest absolute Gasteiger partial charge is 0.0720 e. The summed E-state index contributed by atoms with van der Waals surface area (Å²) in [5.74, 6) is 0. The van der Waals surface area contributed by atoms with Gasteiger partial charge in [-0.2, -0.15) is 0 Å². The lowest BCUT2D eigenvalue weighted by Gasteiger charge is -2.08. The molecule has 0 bridgehead atoms. The zero-order valence-electron chi connectivity index (χ0n) is 10.6. The lowest BCUT2D eigenvalue weighted by Crippen LogP contribution is -2.15. The molecule has 0 heterocycles. The first-order chi connectivity index (χ1) is 7.72. The molecule has 0 atom stereocenters. The van der Waals surface area contributed by atoms with Gasteiger partial charge >= 0.3 is 0 Å². The second-order valence-electron chi connectivity index (χ2n) is 4.28. The van der Waals surface area contributed by atoms with Crippen LogP contribution in [0.2, 0.25) is 0 Å². The number of rotatable bonds is 7. The number of benzene rings is 1. The molecule has 16 heavy (non-hydrogen) atoms. The van der Waals surface area contributed by atoms with E-state index in [0.717, 1.165) is 19.5 Å². The van der Waals surface area contributed by atoms with Crippen LogP contribution in [0.3, 0.4) is 0 Å². The van der Waals surface area contributed by atoms with Crippen molar-refractivity contribution >= 4 is 0 Å². The predicted octanol–water partition coefficient (Wildman–Crippen LogP) is 2.76. The summed E-state index contributed by atoms with van der Waals surface area (Å²) in [5, 5.41) is 3.33. The van der Waals surface area contributed by atoms with Crippen molar-refractivity contribution in [3.05, 3.63) is 35.4 Å². The summed E-state index contributed by atoms with van der Waals surface area (Å²) in [6.07, 6.45) is 1.40. The van der Waals surface area contributed by atoms with Crippen LogP contribution in [0, 0.1) is 0 Å². The molecule has 0 saturated heterocycles. The van der Waals surface area contributed by atoms with Gasteiger partial charge in [-0.15, -0.1) is 0 Å². The van der Waals surface area contributed by atoms with Crippen molar-refractivity contribution in [2.45, 2.75) is 39.9 Å². The average molecular weight is 221 g/mol. The van der Waals surface area contributed by atoms with Crippen LogP contribution in [0.4, 0.5) is 0 Å². The molecule has 0 aromatic heterocycles. The second kappa shape index (κ2) is 7.42. The van der Waals surface area contributed by atoms with Crippen molar-refractivity contribution in [2.75, 3.05) is 13.1 Å². The Morgan fingerprint density at radius 3 is 2.31 bits per heavy atom. The van der Waals surface area contributed by atoms with Crippen LogP contribution in [-0.4, -0.2) is 19.2 Å². The van der Waals surface area contributed by atoms with Gasteiger partial charge < -0.3 is 10.1 Å². The second-order valence-corrected chi connectivity index (χ2v) is 4.28. The number of nitrogens with one attached hydrogen (secondary N) is 1. The van der Waals surface area contributed by atoms with Gasteiger partial charge in [0.05, 0.1) is 12.7 Å². The van der Waals surface area contributed by atoms with E-state index in [1.165, 1.54) is 11.1 Å². The van der Waals surface area contributed by atoms with Crippen molar-refractivity contribution in [1.29, 1.82) is 0 Å². The Labute approximate surface area is 99.0 Å². The van der Waals surface area contributed by atoms with E-state index in [9.17, 15) is 0 Å². The van der Waals surface area contributed by atoms with Crippen molar-refractivity contribution in [3.63, 3.8) is 0 Å². The molecule has 2 heteroatoms. The Balaban J connectivity index is 2.35. The predicted molar refractivity (Wildman–Crippen MR) is 68.6 cm³/mol. The van der Waals surface area contributed by atoms with Crippen LogP contribution in [0.5, 0.6) is 0 Å². The van der Waals surface area contributed by atoms with E-state index in [2.05, 4.69) is 50.4 Å². The minimum Gasteiger partial charge on any atom is -0.374 e. The van der Waals surface area contributed by atoms with E-state index < -0.39 is 0 Å². The van der Waals surface area contributed by atoms with Crippen LogP contribution in [-0.2, 0) is 17.8 Å². The average Bonchev–Trinajstić information content (AvgIpc) is 2.28. The number of likely N-dealkylation sites (N-methyl/N-ethyl adjacent to an activating group) is 1. The van der Waals surface area contributed by atoms with E-state index >= 15 is 0 Å². The van der Waals surface area contributed by atoms with Gasteiger partial charge in [-0.1, -0.05) is 31.2 Å². The molecule has 2 nitrogen and oxygen atoms in total. The van der Waals surface area contributed by atoms with Gasteiger partial charge in [0, 0.05) is 0 Å².